The Labute approximate surface area is 146 Å². The van der Waals surface area contributed by atoms with Crippen LogP contribution in [-0.2, 0) is 9.63 Å². The molecule has 0 aromatic heterocycles. The molecule has 128 valence electrons. The molecule has 2 aromatic carbocycles. The van der Waals surface area contributed by atoms with Gasteiger partial charge in [-0.2, -0.15) is 0 Å². The molecule has 2 aromatic rings. The van der Waals surface area contributed by atoms with E-state index in [1.54, 1.807) is 12.0 Å². The van der Waals surface area contributed by atoms with Crippen molar-refractivity contribution < 1.29 is 14.4 Å². The molecule has 2 heterocycles. The van der Waals surface area contributed by atoms with Crippen molar-refractivity contribution in [1.29, 1.82) is 0 Å². The molecule has 4 rings (SSSR count). The van der Waals surface area contributed by atoms with Crippen LogP contribution in [0.3, 0.4) is 0 Å². The molecule has 3 atom stereocenters. The van der Waals surface area contributed by atoms with Gasteiger partial charge < -0.3 is 9.57 Å². The van der Waals surface area contributed by atoms with Crippen LogP contribution in [0.4, 0.5) is 5.69 Å². The fourth-order valence-corrected chi connectivity index (χ4v) is 3.72. The summed E-state index contributed by atoms with van der Waals surface area (Å²) in [6.45, 7) is 3.91. The van der Waals surface area contributed by atoms with Gasteiger partial charge >= 0.3 is 0 Å². The van der Waals surface area contributed by atoms with Crippen molar-refractivity contribution in [2.24, 2.45) is 11.1 Å². The normalized spacial score (nSPS) is 27.7. The first kappa shape index (κ1) is 15.7. The van der Waals surface area contributed by atoms with Gasteiger partial charge in [0.25, 0.3) is 5.91 Å². The van der Waals surface area contributed by atoms with E-state index in [9.17, 15) is 4.79 Å². The fraction of sp³-hybridized carbons (Fsp3) is 0.300. The van der Waals surface area contributed by atoms with E-state index in [1.807, 2.05) is 68.4 Å². The lowest BCUT2D eigenvalue weighted by Gasteiger charge is -2.53. The average Bonchev–Trinajstić information content (AvgIpc) is 2.97. The first-order valence-electron chi connectivity index (χ1n) is 8.35. The number of β-lactam (4-membered cyclic amide) rings is 1. The van der Waals surface area contributed by atoms with Crippen molar-refractivity contribution in [2.75, 3.05) is 12.0 Å². The molecule has 5 heteroatoms. The van der Waals surface area contributed by atoms with E-state index >= 15 is 0 Å². The van der Waals surface area contributed by atoms with E-state index in [4.69, 9.17) is 9.57 Å². The van der Waals surface area contributed by atoms with Crippen LogP contribution in [-0.4, -0.2) is 24.3 Å². The van der Waals surface area contributed by atoms with E-state index in [1.165, 1.54) is 0 Å². The van der Waals surface area contributed by atoms with Gasteiger partial charge in [0.05, 0.1) is 18.7 Å². The van der Waals surface area contributed by atoms with E-state index in [0.29, 0.717) is 0 Å². The number of benzene rings is 2. The quantitative estimate of drug-likeness (QED) is 0.805. The zero-order chi connectivity index (χ0) is 17.6. The molecule has 0 radical (unpaired) electrons. The van der Waals surface area contributed by atoms with Crippen molar-refractivity contribution in [1.82, 2.24) is 0 Å². The highest BCUT2D eigenvalue weighted by molar-refractivity contribution is 6.12. The second-order valence-electron chi connectivity index (χ2n) is 6.53. The molecule has 1 fully saturated rings. The van der Waals surface area contributed by atoms with Crippen LogP contribution in [0.15, 0.2) is 59.8 Å². The number of carbonyl (C=O) groups is 1. The maximum Gasteiger partial charge on any atom is 0.278 e. The second kappa shape index (κ2) is 5.62. The van der Waals surface area contributed by atoms with Crippen LogP contribution in [0.1, 0.15) is 25.5 Å². The summed E-state index contributed by atoms with van der Waals surface area (Å²) in [5.74, 6) is 0.631. The summed E-state index contributed by atoms with van der Waals surface area (Å²) in [4.78, 5) is 20.7. The lowest BCUT2D eigenvalue weighted by atomic mass is 9.69. The Morgan fingerprint density at radius 3 is 2.36 bits per heavy atom. The standard InChI is InChI=1S/C20H20N2O3/c1-13-14(2)21-25-20(13)18(15-7-5-4-6-8-15)22(19(20)23)16-9-11-17(24-3)12-10-16/h4-13,18H,1-3H3/t13?,18-,20-/m1/s1. The van der Waals surface area contributed by atoms with Gasteiger partial charge in [0.1, 0.15) is 11.8 Å². The number of hydrogen-bond donors (Lipinski definition) is 0. The Morgan fingerprint density at radius 2 is 1.80 bits per heavy atom. The van der Waals surface area contributed by atoms with Crippen molar-refractivity contribution in [3.63, 3.8) is 0 Å². The topological polar surface area (TPSA) is 51.1 Å². The number of hydrogen-bond acceptors (Lipinski definition) is 4. The van der Waals surface area contributed by atoms with Gasteiger partial charge in [-0.3, -0.25) is 9.69 Å². The van der Waals surface area contributed by atoms with Gasteiger partial charge in [-0.1, -0.05) is 42.4 Å². The minimum Gasteiger partial charge on any atom is -0.497 e. The van der Waals surface area contributed by atoms with Crippen molar-refractivity contribution in [2.45, 2.75) is 25.5 Å². The molecule has 5 nitrogen and oxygen atoms in total. The van der Waals surface area contributed by atoms with Crippen molar-refractivity contribution >= 4 is 17.3 Å². The molecule has 25 heavy (non-hydrogen) atoms. The fourth-order valence-electron chi connectivity index (χ4n) is 3.72. The largest absolute Gasteiger partial charge is 0.497 e. The molecule has 1 amide bonds. The Hall–Kier alpha value is -2.82. The Balaban J connectivity index is 1.78. The van der Waals surface area contributed by atoms with E-state index in [0.717, 1.165) is 22.7 Å². The summed E-state index contributed by atoms with van der Waals surface area (Å²) in [5, 5.41) is 4.12. The molecule has 0 bridgehead atoms. The van der Waals surface area contributed by atoms with Crippen LogP contribution < -0.4 is 9.64 Å². The molecule has 1 saturated heterocycles. The van der Waals surface area contributed by atoms with Gasteiger partial charge in [-0.25, -0.2) is 0 Å². The number of ether oxygens (including phenoxy) is 1. The Kier molecular flexibility index (Phi) is 3.53. The lowest BCUT2D eigenvalue weighted by molar-refractivity contribution is -0.165. The van der Waals surface area contributed by atoms with Gasteiger partial charge in [-0.15, -0.1) is 0 Å². The Bertz CT molecular complexity index is 832. The SMILES string of the molecule is COc1ccc(N2C(=O)[C@]3(ON=C(C)C3C)[C@H]2c2ccccc2)cc1. The van der Waals surface area contributed by atoms with E-state index in [2.05, 4.69) is 5.16 Å². The summed E-state index contributed by atoms with van der Waals surface area (Å²) < 4.78 is 5.22. The highest BCUT2D eigenvalue weighted by Gasteiger charge is 2.70. The zero-order valence-electron chi connectivity index (χ0n) is 14.5. The number of nitrogens with zero attached hydrogens (tertiary/aromatic N) is 2. The molecular formula is C20H20N2O3. The van der Waals surface area contributed by atoms with Crippen LogP contribution >= 0.6 is 0 Å². The average molecular weight is 336 g/mol. The van der Waals surface area contributed by atoms with E-state index in [-0.39, 0.29) is 17.9 Å². The molecule has 1 spiro atoms. The molecule has 1 unspecified atom stereocenters. The highest BCUT2D eigenvalue weighted by Crippen LogP contribution is 2.54. The first-order chi connectivity index (χ1) is 12.1. The third-order valence-corrected chi connectivity index (χ3v) is 5.29. The zero-order valence-corrected chi connectivity index (χ0v) is 14.5. The van der Waals surface area contributed by atoms with Crippen molar-refractivity contribution in [3.05, 3.63) is 60.2 Å². The number of amides is 1. The molecular weight excluding hydrogens is 316 g/mol. The summed E-state index contributed by atoms with van der Waals surface area (Å²) >= 11 is 0. The maximum absolute atomic E-state index is 13.2. The first-order valence-corrected chi connectivity index (χ1v) is 8.35. The highest BCUT2D eigenvalue weighted by atomic mass is 16.7. The lowest BCUT2D eigenvalue weighted by Crippen LogP contribution is -2.71. The van der Waals surface area contributed by atoms with Crippen LogP contribution in [0.25, 0.3) is 0 Å². The monoisotopic (exact) mass is 336 g/mol. The number of rotatable bonds is 3. The van der Waals surface area contributed by atoms with Crippen LogP contribution in [0.2, 0.25) is 0 Å². The molecule has 0 saturated carbocycles. The summed E-state index contributed by atoms with van der Waals surface area (Å²) in [5.41, 5.74) is 1.76. The summed E-state index contributed by atoms with van der Waals surface area (Å²) in [6.07, 6.45) is 0. The summed E-state index contributed by atoms with van der Waals surface area (Å²) in [7, 11) is 1.62. The second-order valence-corrected chi connectivity index (χ2v) is 6.53. The third kappa shape index (κ3) is 2.08. The van der Waals surface area contributed by atoms with Gasteiger partial charge in [0.2, 0.25) is 5.60 Å². The molecule has 0 aliphatic carbocycles. The maximum atomic E-state index is 13.2. The van der Waals surface area contributed by atoms with Gasteiger partial charge in [0.15, 0.2) is 0 Å². The predicted octanol–water partition coefficient (Wildman–Crippen LogP) is 3.56. The van der Waals surface area contributed by atoms with Crippen LogP contribution in [0.5, 0.6) is 5.75 Å². The van der Waals surface area contributed by atoms with Gasteiger partial charge in [-0.05, 0) is 36.8 Å². The van der Waals surface area contributed by atoms with Crippen molar-refractivity contribution in [3.8, 4) is 5.75 Å². The molecule has 2 aliphatic rings. The van der Waals surface area contributed by atoms with Crippen LogP contribution in [0, 0.1) is 5.92 Å². The number of methoxy groups -OCH3 is 1. The van der Waals surface area contributed by atoms with Gasteiger partial charge in [0, 0.05) is 5.69 Å². The third-order valence-electron chi connectivity index (χ3n) is 5.29. The van der Waals surface area contributed by atoms with E-state index < -0.39 is 5.60 Å². The number of oxime groups is 1. The minimum absolute atomic E-state index is 0.0559. The smallest absolute Gasteiger partial charge is 0.278 e. The number of carbonyl (C=O) groups excluding carboxylic acids is 1. The predicted molar refractivity (Wildman–Crippen MR) is 95.8 cm³/mol. The molecule has 2 aliphatic heterocycles. The Morgan fingerprint density at radius 1 is 1.12 bits per heavy atom. The summed E-state index contributed by atoms with van der Waals surface area (Å²) in [6, 6.07) is 17.3. The number of anilines is 1. The minimum atomic E-state index is -0.953. The molecule has 0 N–H and O–H groups in total.